The highest BCUT2D eigenvalue weighted by molar-refractivity contribution is 5.99. The van der Waals surface area contributed by atoms with Crippen molar-refractivity contribution in [2.24, 2.45) is 0 Å². The summed E-state index contributed by atoms with van der Waals surface area (Å²) in [5.41, 5.74) is 3.88. The quantitative estimate of drug-likeness (QED) is 0.276. The third-order valence-electron chi connectivity index (χ3n) is 5.30. The number of ether oxygens (including phenoxy) is 1. The van der Waals surface area contributed by atoms with Crippen LogP contribution in [0.1, 0.15) is 20.7 Å². The number of halogens is 1. The van der Waals surface area contributed by atoms with Crippen LogP contribution in [0.3, 0.4) is 0 Å². The van der Waals surface area contributed by atoms with Gasteiger partial charge >= 0.3 is 0 Å². The first-order chi connectivity index (χ1) is 16.2. The van der Waals surface area contributed by atoms with Crippen molar-refractivity contribution in [3.63, 3.8) is 0 Å². The average molecular weight is 437 g/mol. The molecule has 0 amide bonds. The Morgan fingerprint density at radius 3 is 2.36 bits per heavy atom. The Kier molecular flexibility index (Phi) is 5.24. The number of aldehydes is 2. The topological polar surface area (TPSA) is 69.4 Å². The van der Waals surface area contributed by atoms with Gasteiger partial charge in [0.15, 0.2) is 12.0 Å². The van der Waals surface area contributed by atoms with E-state index in [4.69, 9.17) is 9.26 Å². The second-order valence-corrected chi connectivity index (χ2v) is 7.38. The molecule has 0 unspecified atom stereocenters. The van der Waals surface area contributed by atoms with Gasteiger partial charge in [-0.3, -0.25) is 9.59 Å². The standard InChI is InChI=1S/C27H16FNO4/c28-20-7-9-21(10-8-20)32-26-12-6-18(14-19(26)16-31)22-3-1-2-4-23(22)27-24-13-17(15-30)5-11-25(24)29-33-27/h1-16H. The van der Waals surface area contributed by atoms with Crippen LogP contribution in [0.5, 0.6) is 11.5 Å². The molecule has 160 valence electrons. The molecule has 1 heterocycles. The van der Waals surface area contributed by atoms with Crippen LogP contribution in [0.2, 0.25) is 0 Å². The molecule has 0 saturated heterocycles. The summed E-state index contributed by atoms with van der Waals surface area (Å²) in [5.74, 6) is 0.944. The molecule has 4 aromatic carbocycles. The molecule has 33 heavy (non-hydrogen) atoms. The Morgan fingerprint density at radius 2 is 1.61 bits per heavy atom. The lowest BCUT2D eigenvalue weighted by Gasteiger charge is -2.12. The molecule has 0 radical (unpaired) electrons. The van der Waals surface area contributed by atoms with Crippen molar-refractivity contribution in [1.29, 1.82) is 0 Å². The SMILES string of the molecule is O=Cc1ccc2noc(-c3ccccc3-c3ccc(Oc4ccc(F)cc4)c(C=O)c3)c2c1. The first-order valence-electron chi connectivity index (χ1n) is 10.1. The third kappa shape index (κ3) is 3.90. The highest BCUT2D eigenvalue weighted by Gasteiger charge is 2.17. The van der Waals surface area contributed by atoms with E-state index < -0.39 is 0 Å². The zero-order chi connectivity index (χ0) is 22.8. The van der Waals surface area contributed by atoms with E-state index in [-0.39, 0.29) is 5.82 Å². The first kappa shape index (κ1) is 20.3. The van der Waals surface area contributed by atoms with Crippen LogP contribution in [-0.2, 0) is 0 Å². The summed E-state index contributed by atoms with van der Waals surface area (Å²) in [6.45, 7) is 0. The summed E-state index contributed by atoms with van der Waals surface area (Å²) >= 11 is 0. The van der Waals surface area contributed by atoms with Crippen LogP contribution in [0.15, 0.2) is 89.5 Å². The molecular weight excluding hydrogens is 421 g/mol. The molecule has 0 bridgehead atoms. The fourth-order valence-corrected chi connectivity index (χ4v) is 3.69. The number of carbonyl (C=O) groups is 2. The van der Waals surface area contributed by atoms with Crippen molar-refractivity contribution < 1.29 is 23.2 Å². The minimum Gasteiger partial charge on any atom is -0.457 e. The van der Waals surface area contributed by atoms with Gasteiger partial charge in [0, 0.05) is 11.1 Å². The summed E-state index contributed by atoms with van der Waals surface area (Å²) in [7, 11) is 0. The Bertz CT molecular complexity index is 1490. The van der Waals surface area contributed by atoms with Crippen LogP contribution in [0.4, 0.5) is 4.39 Å². The van der Waals surface area contributed by atoms with E-state index in [9.17, 15) is 14.0 Å². The summed E-state index contributed by atoms with van der Waals surface area (Å²) < 4.78 is 24.6. The Balaban J connectivity index is 1.58. The minimum absolute atomic E-state index is 0.345. The second-order valence-electron chi connectivity index (χ2n) is 7.38. The number of nitrogens with zero attached hydrogens (tertiary/aromatic N) is 1. The summed E-state index contributed by atoms with van der Waals surface area (Å²) in [6.07, 6.45) is 1.49. The molecule has 5 rings (SSSR count). The van der Waals surface area contributed by atoms with Gasteiger partial charge in [-0.25, -0.2) is 4.39 Å². The number of aromatic nitrogens is 1. The number of rotatable bonds is 6. The maximum atomic E-state index is 13.2. The van der Waals surface area contributed by atoms with Crippen molar-refractivity contribution in [1.82, 2.24) is 5.16 Å². The van der Waals surface area contributed by atoms with Crippen molar-refractivity contribution >= 4 is 23.5 Å². The van der Waals surface area contributed by atoms with Crippen LogP contribution in [-0.4, -0.2) is 17.7 Å². The van der Waals surface area contributed by atoms with Crippen molar-refractivity contribution in [2.75, 3.05) is 0 Å². The molecule has 0 spiro atoms. The number of hydrogen-bond acceptors (Lipinski definition) is 5. The maximum absolute atomic E-state index is 13.2. The molecule has 5 aromatic rings. The van der Waals surface area contributed by atoms with Gasteiger partial charge in [0.25, 0.3) is 0 Å². The number of benzene rings is 4. The molecule has 1 aromatic heterocycles. The van der Waals surface area contributed by atoms with Gasteiger partial charge in [0.05, 0.1) is 10.9 Å². The van der Waals surface area contributed by atoms with E-state index in [1.54, 1.807) is 30.3 Å². The van der Waals surface area contributed by atoms with Crippen LogP contribution in [0, 0.1) is 5.82 Å². The average Bonchev–Trinajstić information content (AvgIpc) is 3.28. The summed E-state index contributed by atoms with van der Waals surface area (Å²) in [4.78, 5) is 23.1. The van der Waals surface area contributed by atoms with Crippen LogP contribution < -0.4 is 4.74 Å². The van der Waals surface area contributed by atoms with E-state index in [1.165, 1.54) is 24.3 Å². The van der Waals surface area contributed by atoms with Gasteiger partial charge in [-0.05, 0) is 65.7 Å². The molecule has 0 N–H and O–H groups in total. The molecule has 0 aliphatic rings. The van der Waals surface area contributed by atoms with Gasteiger partial charge in [0.1, 0.15) is 29.1 Å². The molecule has 0 saturated carbocycles. The lowest BCUT2D eigenvalue weighted by Crippen LogP contribution is -1.93. The van der Waals surface area contributed by atoms with Crippen LogP contribution in [0.25, 0.3) is 33.4 Å². The fraction of sp³-hybridized carbons (Fsp3) is 0. The molecule has 0 aliphatic heterocycles. The molecular formula is C27H16FNO4. The smallest absolute Gasteiger partial charge is 0.175 e. The molecule has 6 heteroatoms. The zero-order valence-electron chi connectivity index (χ0n) is 17.2. The Labute approximate surface area is 188 Å². The highest BCUT2D eigenvalue weighted by Crippen LogP contribution is 2.38. The molecule has 5 nitrogen and oxygen atoms in total. The lowest BCUT2D eigenvalue weighted by atomic mass is 9.95. The number of hydrogen-bond donors (Lipinski definition) is 0. The van der Waals surface area contributed by atoms with Gasteiger partial charge in [-0.15, -0.1) is 0 Å². The third-order valence-corrected chi connectivity index (χ3v) is 5.30. The first-order valence-corrected chi connectivity index (χ1v) is 10.1. The molecule has 0 atom stereocenters. The van der Waals surface area contributed by atoms with Gasteiger partial charge in [-0.1, -0.05) is 35.5 Å². The second kappa shape index (κ2) is 8.51. The minimum atomic E-state index is -0.370. The predicted molar refractivity (Wildman–Crippen MR) is 122 cm³/mol. The van der Waals surface area contributed by atoms with E-state index in [2.05, 4.69) is 5.16 Å². The lowest BCUT2D eigenvalue weighted by molar-refractivity contribution is 0.111. The highest BCUT2D eigenvalue weighted by atomic mass is 19.1. The van der Waals surface area contributed by atoms with E-state index in [0.29, 0.717) is 40.2 Å². The predicted octanol–water partition coefficient (Wildman–Crippen LogP) is 6.72. The maximum Gasteiger partial charge on any atom is 0.175 e. The fourth-order valence-electron chi connectivity index (χ4n) is 3.69. The number of carbonyl (C=O) groups excluding carboxylic acids is 2. The number of fused-ring (bicyclic) bond motifs is 1. The van der Waals surface area contributed by atoms with Crippen molar-refractivity contribution in [3.05, 3.63) is 102 Å². The Morgan fingerprint density at radius 1 is 0.818 bits per heavy atom. The molecule has 0 fully saturated rings. The van der Waals surface area contributed by atoms with Gasteiger partial charge in [0.2, 0.25) is 0 Å². The van der Waals surface area contributed by atoms with Gasteiger partial charge < -0.3 is 9.26 Å². The zero-order valence-corrected chi connectivity index (χ0v) is 17.2. The Hall–Kier alpha value is -4.58. The van der Waals surface area contributed by atoms with Crippen molar-refractivity contribution in [3.8, 4) is 33.9 Å². The van der Waals surface area contributed by atoms with E-state index >= 15 is 0 Å². The van der Waals surface area contributed by atoms with E-state index in [0.717, 1.165) is 28.4 Å². The van der Waals surface area contributed by atoms with Crippen LogP contribution >= 0.6 is 0 Å². The summed E-state index contributed by atoms with van der Waals surface area (Å²) in [6, 6.07) is 23.6. The van der Waals surface area contributed by atoms with Crippen molar-refractivity contribution in [2.45, 2.75) is 0 Å². The normalized spacial score (nSPS) is 10.8. The monoisotopic (exact) mass is 437 g/mol. The van der Waals surface area contributed by atoms with Gasteiger partial charge in [-0.2, -0.15) is 0 Å². The molecule has 0 aliphatic carbocycles. The summed E-state index contributed by atoms with van der Waals surface area (Å²) in [5, 5.41) is 4.83. The van der Waals surface area contributed by atoms with E-state index in [1.807, 2.05) is 30.3 Å². The largest absolute Gasteiger partial charge is 0.457 e.